The van der Waals surface area contributed by atoms with E-state index in [9.17, 15) is 9.18 Å². The molecule has 220 valence electrons. The summed E-state index contributed by atoms with van der Waals surface area (Å²) in [6.45, 7) is 7.56. The summed E-state index contributed by atoms with van der Waals surface area (Å²) in [6, 6.07) is 10.1. The van der Waals surface area contributed by atoms with Crippen molar-refractivity contribution in [3.8, 4) is 22.5 Å². The molecule has 11 heteroatoms. The van der Waals surface area contributed by atoms with Crippen molar-refractivity contribution >= 4 is 23.0 Å². The average molecular weight is 580 g/mol. The second kappa shape index (κ2) is 9.32. The molecule has 3 N–H and O–H groups in total. The van der Waals surface area contributed by atoms with Gasteiger partial charge >= 0.3 is 0 Å². The van der Waals surface area contributed by atoms with E-state index in [-0.39, 0.29) is 23.1 Å². The molecule has 0 atom stereocenters. The van der Waals surface area contributed by atoms with Gasteiger partial charge in [-0.1, -0.05) is 0 Å². The highest BCUT2D eigenvalue weighted by Gasteiger charge is 2.68. The Kier molecular flexibility index (Phi) is 5.70. The maximum Gasteiger partial charge on any atom is 0.271 e. The van der Waals surface area contributed by atoms with Gasteiger partial charge in [0.25, 0.3) is 5.91 Å². The van der Waals surface area contributed by atoms with Gasteiger partial charge in [0.2, 0.25) is 0 Å². The number of likely N-dealkylation sites (N-methyl/N-ethyl adjacent to an activating group) is 1. The number of nitrogens with one attached hydrogen (secondary N) is 1. The molecule has 1 aromatic carbocycles. The Labute approximate surface area is 248 Å². The zero-order valence-corrected chi connectivity index (χ0v) is 24.3. The number of fused-ring (bicyclic) bond motifs is 2. The molecule has 43 heavy (non-hydrogen) atoms. The Morgan fingerprint density at radius 1 is 0.977 bits per heavy atom. The number of nitrogen functional groups attached to an aromatic ring is 1. The molecule has 0 unspecified atom stereocenters. The fourth-order valence-electron chi connectivity index (χ4n) is 7.59. The van der Waals surface area contributed by atoms with Crippen LogP contribution in [0.5, 0.6) is 0 Å². The van der Waals surface area contributed by atoms with Gasteiger partial charge in [0.1, 0.15) is 17.2 Å². The summed E-state index contributed by atoms with van der Waals surface area (Å²) in [5.41, 5.74) is 11.9. The third-order valence-electron chi connectivity index (χ3n) is 9.62. The molecule has 3 aliphatic carbocycles. The van der Waals surface area contributed by atoms with Gasteiger partial charge in [0, 0.05) is 73.7 Å². The number of carbonyl (C=O) groups excluding carboxylic acids is 1. The number of hydrogen-bond acceptors (Lipinski definition) is 7. The SMILES string of the molecule is Cc1cnc2ccc(-c3c(-c4ccc(F)cc4)nc(N)c4nc(C(=O)NC56CC(CN7CCN(C)CC7)(C5)C6)cn34)cn12. The Bertz CT molecular complexity index is 1880. The lowest BCUT2D eigenvalue weighted by molar-refractivity contribution is -0.163. The lowest BCUT2D eigenvalue weighted by Gasteiger charge is -2.71. The molecule has 0 spiro atoms. The number of pyridine rings is 1. The number of amides is 1. The Morgan fingerprint density at radius 2 is 1.70 bits per heavy atom. The number of imidazole rings is 2. The molecule has 1 amide bonds. The molecule has 4 aromatic heterocycles. The molecule has 4 aliphatic rings. The topological polar surface area (TPSA) is 109 Å². The van der Waals surface area contributed by atoms with Crippen molar-refractivity contribution in [1.82, 2.24) is 38.9 Å². The van der Waals surface area contributed by atoms with Crippen LogP contribution >= 0.6 is 0 Å². The van der Waals surface area contributed by atoms with Crippen molar-refractivity contribution in [3.05, 3.63) is 72.2 Å². The number of nitrogens with zero attached hydrogens (tertiary/aromatic N) is 7. The van der Waals surface area contributed by atoms with Crippen molar-refractivity contribution in [2.45, 2.75) is 31.7 Å². The van der Waals surface area contributed by atoms with Gasteiger partial charge in [-0.2, -0.15) is 0 Å². The van der Waals surface area contributed by atoms with Crippen LogP contribution in [0.4, 0.5) is 10.2 Å². The number of aromatic nitrogens is 5. The first-order chi connectivity index (χ1) is 20.7. The maximum absolute atomic E-state index is 13.8. The van der Waals surface area contributed by atoms with Gasteiger partial charge in [0.15, 0.2) is 11.5 Å². The molecule has 10 nitrogen and oxygen atoms in total. The predicted molar refractivity (Wildman–Crippen MR) is 162 cm³/mol. The quantitative estimate of drug-likeness (QED) is 0.316. The van der Waals surface area contributed by atoms with Crippen molar-refractivity contribution < 1.29 is 9.18 Å². The van der Waals surface area contributed by atoms with Crippen LogP contribution in [-0.2, 0) is 0 Å². The molecule has 5 aromatic rings. The highest BCUT2D eigenvalue weighted by Crippen LogP contribution is 2.67. The number of halogens is 1. The monoisotopic (exact) mass is 579 g/mol. The van der Waals surface area contributed by atoms with Gasteiger partial charge < -0.3 is 25.3 Å². The molecular weight excluding hydrogens is 545 g/mol. The van der Waals surface area contributed by atoms with Gasteiger partial charge in [-0.15, -0.1) is 0 Å². The summed E-state index contributed by atoms with van der Waals surface area (Å²) in [7, 11) is 2.18. The van der Waals surface area contributed by atoms with Crippen molar-refractivity contribution in [3.63, 3.8) is 0 Å². The molecule has 3 saturated carbocycles. The van der Waals surface area contributed by atoms with Crippen LogP contribution in [0.2, 0.25) is 0 Å². The van der Waals surface area contributed by atoms with Crippen LogP contribution < -0.4 is 11.1 Å². The predicted octanol–water partition coefficient (Wildman–Crippen LogP) is 3.64. The van der Waals surface area contributed by atoms with E-state index in [4.69, 9.17) is 10.7 Å². The van der Waals surface area contributed by atoms with Crippen molar-refractivity contribution in [2.24, 2.45) is 5.41 Å². The van der Waals surface area contributed by atoms with Crippen molar-refractivity contribution in [2.75, 3.05) is 45.5 Å². The summed E-state index contributed by atoms with van der Waals surface area (Å²) in [5.74, 6) is -0.347. The zero-order valence-electron chi connectivity index (χ0n) is 24.3. The minimum atomic E-state index is -0.338. The number of piperazine rings is 1. The van der Waals surface area contributed by atoms with E-state index in [1.54, 1.807) is 18.3 Å². The fraction of sp³-hybridized carbons (Fsp3) is 0.375. The second-order valence-electron chi connectivity index (χ2n) is 12.9. The van der Waals surface area contributed by atoms with Crippen LogP contribution in [0.15, 0.2) is 55.0 Å². The first kappa shape index (κ1) is 26.3. The van der Waals surface area contributed by atoms with Crippen LogP contribution in [-0.4, -0.2) is 84.8 Å². The third-order valence-corrected chi connectivity index (χ3v) is 9.62. The largest absolute Gasteiger partial charge is 0.381 e. The first-order valence-corrected chi connectivity index (χ1v) is 14.8. The number of carbonyl (C=O) groups is 1. The number of anilines is 1. The minimum absolute atomic E-state index is 0.144. The second-order valence-corrected chi connectivity index (χ2v) is 12.9. The van der Waals surface area contributed by atoms with Crippen LogP contribution in [0.1, 0.15) is 35.4 Å². The van der Waals surface area contributed by atoms with Gasteiger partial charge in [-0.3, -0.25) is 9.20 Å². The summed E-state index contributed by atoms with van der Waals surface area (Å²) < 4.78 is 17.7. The number of aryl methyl sites for hydroxylation is 1. The zero-order chi connectivity index (χ0) is 29.5. The van der Waals surface area contributed by atoms with Crippen molar-refractivity contribution in [1.29, 1.82) is 0 Å². The molecule has 1 saturated heterocycles. The molecule has 0 radical (unpaired) electrons. The van der Waals surface area contributed by atoms with Gasteiger partial charge in [0.05, 0.1) is 11.4 Å². The number of benzene rings is 1. The summed E-state index contributed by atoms with van der Waals surface area (Å²) in [6.07, 6.45) is 8.58. The molecule has 5 heterocycles. The van der Waals surface area contributed by atoms with Crippen LogP contribution in [0.3, 0.4) is 0 Å². The summed E-state index contributed by atoms with van der Waals surface area (Å²) in [5, 5.41) is 3.31. The Morgan fingerprint density at radius 3 is 2.44 bits per heavy atom. The summed E-state index contributed by atoms with van der Waals surface area (Å²) >= 11 is 0. The lowest BCUT2D eigenvalue weighted by Crippen LogP contribution is -2.77. The standard InChI is InChI=1S/C32H34FN9O/c1-20-13-35-25-8-5-22(14-41(20)25)27-26(21-3-6-23(33)7-4-21)37-28(34)29-36-24(15-42(27)29)30(43)38-32-16-31(17-32,18-32)19-40-11-9-39(2)10-12-40/h3-8,13-15H,9-12,16-19H2,1-2H3,(H2,34,37)(H,38,43). The van der Waals surface area contributed by atoms with Crippen LogP contribution in [0.25, 0.3) is 33.8 Å². The number of nitrogens with two attached hydrogens (primary N) is 1. The van der Waals surface area contributed by atoms with E-state index in [2.05, 4.69) is 32.1 Å². The molecule has 4 fully saturated rings. The average Bonchev–Trinajstić information content (AvgIpc) is 3.57. The Hall–Kier alpha value is -4.35. The lowest BCUT2D eigenvalue weighted by atomic mass is 9.39. The highest BCUT2D eigenvalue weighted by atomic mass is 19.1. The van der Waals surface area contributed by atoms with E-state index in [0.29, 0.717) is 33.7 Å². The molecule has 1 aliphatic heterocycles. The third kappa shape index (κ3) is 4.29. The highest BCUT2D eigenvalue weighted by molar-refractivity contribution is 5.95. The normalized spacial score (nSPS) is 23.8. The molecule has 2 bridgehead atoms. The van der Waals surface area contributed by atoms with E-state index >= 15 is 0 Å². The van der Waals surface area contributed by atoms with E-state index < -0.39 is 0 Å². The van der Waals surface area contributed by atoms with E-state index in [0.717, 1.165) is 68.9 Å². The van der Waals surface area contributed by atoms with Crippen LogP contribution in [0, 0.1) is 18.2 Å². The van der Waals surface area contributed by atoms with E-state index in [1.165, 1.54) is 12.1 Å². The smallest absolute Gasteiger partial charge is 0.271 e. The minimum Gasteiger partial charge on any atom is -0.381 e. The van der Waals surface area contributed by atoms with Gasteiger partial charge in [-0.25, -0.2) is 19.3 Å². The van der Waals surface area contributed by atoms with Gasteiger partial charge in [-0.05, 0) is 75.0 Å². The number of rotatable bonds is 6. The maximum atomic E-state index is 13.8. The number of hydrogen-bond donors (Lipinski definition) is 2. The molecule has 9 rings (SSSR count). The first-order valence-electron chi connectivity index (χ1n) is 14.8. The Balaban J connectivity index is 1.12. The fourth-order valence-corrected chi connectivity index (χ4v) is 7.59. The molecular formula is C32H34FN9O. The van der Waals surface area contributed by atoms with E-state index in [1.807, 2.05) is 40.3 Å². The summed E-state index contributed by atoms with van der Waals surface area (Å²) in [4.78, 5) is 32.4.